The lowest BCUT2D eigenvalue weighted by molar-refractivity contribution is -0.194. The highest BCUT2D eigenvalue weighted by molar-refractivity contribution is 4.97. The zero-order valence-corrected chi connectivity index (χ0v) is 14.5. The third kappa shape index (κ3) is 3.98. The average molecular weight is 298 g/mol. The van der Waals surface area contributed by atoms with E-state index in [1.54, 1.807) is 0 Å². The van der Waals surface area contributed by atoms with Crippen LogP contribution in [0.15, 0.2) is 0 Å². The van der Waals surface area contributed by atoms with Crippen LogP contribution in [0.25, 0.3) is 0 Å². The summed E-state index contributed by atoms with van der Waals surface area (Å²) in [6.07, 6.45) is 4.33. The summed E-state index contributed by atoms with van der Waals surface area (Å²) in [7, 11) is 2.27. The molecule has 1 heterocycles. The molecule has 0 aromatic heterocycles. The van der Waals surface area contributed by atoms with E-state index in [2.05, 4.69) is 45.0 Å². The third-order valence-electron chi connectivity index (χ3n) is 5.42. The highest BCUT2D eigenvalue weighted by atomic mass is 16.7. The Hall–Kier alpha value is -0.160. The van der Waals surface area contributed by atoms with Crippen molar-refractivity contribution < 1.29 is 9.47 Å². The smallest absolute Gasteiger partial charge is 0.170 e. The van der Waals surface area contributed by atoms with Crippen LogP contribution in [0, 0.1) is 5.92 Å². The van der Waals surface area contributed by atoms with Gasteiger partial charge in [0.1, 0.15) is 0 Å². The fourth-order valence-corrected chi connectivity index (χ4v) is 3.66. The Kier molecular flexibility index (Phi) is 6.06. The lowest BCUT2D eigenvalue weighted by atomic mass is 9.83. The first-order valence-electron chi connectivity index (χ1n) is 8.72. The van der Waals surface area contributed by atoms with E-state index in [-0.39, 0.29) is 5.79 Å². The molecule has 0 radical (unpaired) electrons. The first-order chi connectivity index (χ1) is 9.99. The van der Waals surface area contributed by atoms with Crippen molar-refractivity contribution in [1.29, 1.82) is 0 Å². The monoisotopic (exact) mass is 298 g/mol. The van der Waals surface area contributed by atoms with E-state index in [9.17, 15) is 0 Å². The lowest BCUT2D eigenvalue weighted by Crippen LogP contribution is -2.59. The van der Waals surface area contributed by atoms with E-state index >= 15 is 0 Å². The second kappa shape index (κ2) is 7.40. The molecule has 3 atom stereocenters. The maximum atomic E-state index is 5.98. The van der Waals surface area contributed by atoms with Crippen LogP contribution in [-0.4, -0.2) is 55.6 Å². The van der Waals surface area contributed by atoms with Crippen molar-refractivity contribution >= 4 is 0 Å². The summed E-state index contributed by atoms with van der Waals surface area (Å²) in [5.41, 5.74) is 0. The van der Waals surface area contributed by atoms with Gasteiger partial charge in [-0.25, -0.2) is 0 Å². The maximum Gasteiger partial charge on any atom is 0.170 e. The summed E-state index contributed by atoms with van der Waals surface area (Å²) in [5.74, 6) is 0.352. The number of nitrogens with one attached hydrogen (secondary N) is 1. The number of hydrogen-bond acceptors (Lipinski definition) is 4. The van der Waals surface area contributed by atoms with E-state index < -0.39 is 0 Å². The number of likely N-dealkylation sites (N-methyl/N-ethyl adjacent to an activating group) is 1. The van der Waals surface area contributed by atoms with Crippen LogP contribution < -0.4 is 5.32 Å². The molecule has 1 saturated carbocycles. The first kappa shape index (κ1) is 17.2. The molecular weight excluding hydrogens is 264 g/mol. The second-order valence-electron chi connectivity index (χ2n) is 7.13. The molecule has 0 aromatic carbocycles. The molecule has 4 heteroatoms. The summed E-state index contributed by atoms with van der Waals surface area (Å²) in [4.78, 5) is 2.55. The third-order valence-corrected chi connectivity index (χ3v) is 5.42. The SMILES string of the molecule is CCCNC1CCC2(CC1N(C)C(C)C(C)C)OCCO2. The molecule has 1 spiro atoms. The fraction of sp³-hybridized carbons (Fsp3) is 1.00. The summed E-state index contributed by atoms with van der Waals surface area (Å²) >= 11 is 0. The van der Waals surface area contributed by atoms with Crippen LogP contribution in [0.2, 0.25) is 0 Å². The Balaban J connectivity index is 2.08. The van der Waals surface area contributed by atoms with Crippen molar-refractivity contribution in [3.05, 3.63) is 0 Å². The van der Waals surface area contributed by atoms with Gasteiger partial charge in [-0.2, -0.15) is 0 Å². The van der Waals surface area contributed by atoms with E-state index in [0.29, 0.717) is 24.0 Å². The highest BCUT2D eigenvalue weighted by Gasteiger charge is 2.46. The standard InChI is InChI=1S/C17H34N2O2/c1-6-9-18-15-7-8-17(20-10-11-21-17)12-16(15)19(5)14(4)13(2)3/h13-16,18H,6-12H2,1-5H3. The van der Waals surface area contributed by atoms with Gasteiger partial charge in [0.2, 0.25) is 0 Å². The van der Waals surface area contributed by atoms with E-state index in [4.69, 9.17) is 9.47 Å². The van der Waals surface area contributed by atoms with Gasteiger partial charge in [-0.1, -0.05) is 20.8 Å². The maximum absolute atomic E-state index is 5.98. The number of nitrogens with zero attached hydrogens (tertiary/aromatic N) is 1. The van der Waals surface area contributed by atoms with Gasteiger partial charge < -0.3 is 14.8 Å². The minimum atomic E-state index is -0.306. The van der Waals surface area contributed by atoms with Gasteiger partial charge in [0.05, 0.1) is 13.2 Å². The minimum absolute atomic E-state index is 0.306. The van der Waals surface area contributed by atoms with Gasteiger partial charge in [-0.3, -0.25) is 4.90 Å². The van der Waals surface area contributed by atoms with Crippen molar-refractivity contribution in [1.82, 2.24) is 10.2 Å². The summed E-state index contributed by atoms with van der Waals surface area (Å²) in [5, 5.41) is 3.75. The molecule has 0 amide bonds. The Morgan fingerprint density at radius 1 is 1.24 bits per heavy atom. The predicted octanol–water partition coefficient (Wildman–Crippen LogP) is 2.63. The number of hydrogen-bond donors (Lipinski definition) is 1. The van der Waals surface area contributed by atoms with Crippen molar-refractivity contribution in [3.8, 4) is 0 Å². The van der Waals surface area contributed by atoms with E-state index in [0.717, 1.165) is 39.0 Å². The van der Waals surface area contributed by atoms with Crippen LogP contribution >= 0.6 is 0 Å². The molecule has 2 fully saturated rings. The van der Waals surface area contributed by atoms with Crippen molar-refractivity contribution in [3.63, 3.8) is 0 Å². The van der Waals surface area contributed by atoms with Gasteiger partial charge in [0, 0.05) is 31.0 Å². The molecule has 3 unspecified atom stereocenters. The van der Waals surface area contributed by atoms with Gasteiger partial charge in [0.25, 0.3) is 0 Å². The topological polar surface area (TPSA) is 33.7 Å². The number of rotatable bonds is 6. The molecule has 0 bridgehead atoms. The Morgan fingerprint density at radius 3 is 2.48 bits per heavy atom. The highest BCUT2D eigenvalue weighted by Crippen LogP contribution is 2.38. The first-order valence-corrected chi connectivity index (χ1v) is 8.72. The molecule has 2 aliphatic rings. The number of ether oxygens (including phenoxy) is 2. The fourth-order valence-electron chi connectivity index (χ4n) is 3.66. The van der Waals surface area contributed by atoms with E-state index in [1.807, 2.05) is 0 Å². The van der Waals surface area contributed by atoms with Crippen molar-refractivity contribution in [2.75, 3.05) is 26.8 Å². The normalized spacial score (nSPS) is 30.4. The Labute approximate surface area is 130 Å². The van der Waals surface area contributed by atoms with Crippen molar-refractivity contribution in [2.45, 2.75) is 77.3 Å². The summed E-state index contributed by atoms with van der Waals surface area (Å²) in [6, 6.07) is 1.60. The average Bonchev–Trinajstić information content (AvgIpc) is 2.92. The zero-order valence-electron chi connectivity index (χ0n) is 14.5. The second-order valence-corrected chi connectivity index (χ2v) is 7.13. The molecule has 1 saturated heterocycles. The van der Waals surface area contributed by atoms with Gasteiger partial charge in [-0.15, -0.1) is 0 Å². The van der Waals surface area contributed by atoms with Crippen LogP contribution in [0.1, 0.15) is 53.4 Å². The largest absolute Gasteiger partial charge is 0.347 e. The molecule has 4 nitrogen and oxygen atoms in total. The minimum Gasteiger partial charge on any atom is -0.347 e. The Morgan fingerprint density at radius 2 is 1.90 bits per heavy atom. The molecule has 1 aliphatic heterocycles. The Bertz CT molecular complexity index is 316. The van der Waals surface area contributed by atoms with Crippen molar-refractivity contribution in [2.24, 2.45) is 5.92 Å². The molecule has 2 rings (SSSR count). The molecule has 1 N–H and O–H groups in total. The van der Waals surface area contributed by atoms with Gasteiger partial charge in [-0.05, 0) is 39.3 Å². The van der Waals surface area contributed by atoms with Crippen LogP contribution in [0.5, 0.6) is 0 Å². The van der Waals surface area contributed by atoms with Gasteiger partial charge in [0.15, 0.2) is 5.79 Å². The van der Waals surface area contributed by atoms with Gasteiger partial charge >= 0.3 is 0 Å². The summed E-state index contributed by atoms with van der Waals surface area (Å²) in [6.45, 7) is 11.8. The van der Waals surface area contributed by atoms with Crippen LogP contribution in [-0.2, 0) is 9.47 Å². The molecule has 0 aromatic rings. The lowest BCUT2D eigenvalue weighted by Gasteiger charge is -2.47. The molecule has 21 heavy (non-hydrogen) atoms. The molecule has 124 valence electrons. The molecule has 1 aliphatic carbocycles. The van der Waals surface area contributed by atoms with Crippen LogP contribution in [0.3, 0.4) is 0 Å². The molecular formula is C17H34N2O2. The summed E-state index contributed by atoms with van der Waals surface area (Å²) < 4.78 is 12.0. The van der Waals surface area contributed by atoms with Crippen LogP contribution in [0.4, 0.5) is 0 Å². The zero-order chi connectivity index (χ0) is 15.5. The quantitative estimate of drug-likeness (QED) is 0.817. The van der Waals surface area contributed by atoms with E-state index in [1.165, 1.54) is 6.42 Å². The predicted molar refractivity (Wildman–Crippen MR) is 86.4 cm³/mol.